The van der Waals surface area contributed by atoms with Gasteiger partial charge in [-0.2, -0.15) is 0 Å². The van der Waals surface area contributed by atoms with E-state index in [0.717, 1.165) is 10.9 Å². The summed E-state index contributed by atoms with van der Waals surface area (Å²) in [6.07, 6.45) is 0.157. The Morgan fingerprint density at radius 3 is 2.80 bits per heavy atom. The number of nitrogens with one attached hydrogen (secondary N) is 1. The van der Waals surface area contributed by atoms with Crippen molar-refractivity contribution in [3.8, 4) is 5.75 Å². The Bertz CT molecular complexity index is 490. The van der Waals surface area contributed by atoms with Gasteiger partial charge in [0.2, 0.25) is 5.91 Å². The van der Waals surface area contributed by atoms with Crippen molar-refractivity contribution in [1.82, 2.24) is 10.2 Å². The number of hydrogen-bond donors (Lipinski definition) is 1. The van der Waals surface area contributed by atoms with E-state index < -0.39 is 6.10 Å². The maximum Gasteiger partial charge on any atom is 0.263 e. The van der Waals surface area contributed by atoms with Gasteiger partial charge in [-0.1, -0.05) is 15.9 Å². The largest absolute Gasteiger partial charge is 0.481 e. The molecule has 1 aromatic carbocycles. The molecule has 1 unspecified atom stereocenters. The molecule has 0 radical (unpaired) electrons. The van der Waals surface area contributed by atoms with Crippen molar-refractivity contribution < 1.29 is 14.3 Å². The van der Waals surface area contributed by atoms with Crippen molar-refractivity contribution in [2.24, 2.45) is 0 Å². The topological polar surface area (TPSA) is 58.6 Å². The van der Waals surface area contributed by atoms with Crippen LogP contribution in [0, 0.1) is 0 Å². The zero-order valence-corrected chi connectivity index (χ0v) is 12.9. The fourth-order valence-corrected chi connectivity index (χ4v) is 2.28. The van der Waals surface area contributed by atoms with Crippen LogP contribution in [0.5, 0.6) is 5.75 Å². The second-order valence-corrected chi connectivity index (χ2v) is 5.59. The summed E-state index contributed by atoms with van der Waals surface area (Å²) in [5, 5.41) is 2.75. The van der Waals surface area contributed by atoms with Crippen LogP contribution in [0.15, 0.2) is 28.7 Å². The SMILES string of the molecule is CC(Oc1ccc(Br)cc1)C(=O)N1CCCNC(=O)C1. The number of rotatable bonds is 3. The quantitative estimate of drug-likeness (QED) is 0.908. The monoisotopic (exact) mass is 340 g/mol. The molecule has 1 saturated heterocycles. The van der Waals surface area contributed by atoms with Gasteiger partial charge in [0.1, 0.15) is 5.75 Å². The third-order valence-electron chi connectivity index (χ3n) is 3.05. The van der Waals surface area contributed by atoms with Crippen molar-refractivity contribution in [1.29, 1.82) is 0 Å². The summed E-state index contributed by atoms with van der Waals surface area (Å²) in [7, 11) is 0. The predicted molar refractivity (Wildman–Crippen MR) is 78.4 cm³/mol. The molecule has 0 aromatic heterocycles. The molecule has 20 heavy (non-hydrogen) atoms. The first kappa shape index (κ1) is 14.8. The Labute approximate surface area is 126 Å². The number of nitrogens with zero attached hydrogens (tertiary/aromatic N) is 1. The van der Waals surface area contributed by atoms with Crippen LogP contribution in [0.3, 0.4) is 0 Å². The Hall–Kier alpha value is -1.56. The number of halogens is 1. The van der Waals surface area contributed by atoms with Crippen molar-refractivity contribution in [2.75, 3.05) is 19.6 Å². The van der Waals surface area contributed by atoms with Gasteiger partial charge in [0.05, 0.1) is 6.54 Å². The molecule has 108 valence electrons. The highest BCUT2D eigenvalue weighted by Gasteiger charge is 2.25. The van der Waals surface area contributed by atoms with E-state index in [-0.39, 0.29) is 18.4 Å². The molecule has 1 N–H and O–H groups in total. The van der Waals surface area contributed by atoms with E-state index in [1.165, 1.54) is 0 Å². The van der Waals surface area contributed by atoms with E-state index in [9.17, 15) is 9.59 Å². The second kappa shape index (κ2) is 6.74. The molecule has 5 nitrogen and oxygen atoms in total. The number of amides is 2. The molecule has 0 bridgehead atoms. The molecule has 1 aliphatic heterocycles. The average molecular weight is 341 g/mol. The van der Waals surface area contributed by atoms with Gasteiger partial charge in [-0.25, -0.2) is 0 Å². The smallest absolute Gasteiger partial charge is 0.263 e. The Kier molecular flexibility index (Phi) is 5.00. The van der Waals surface area contributed by atoms with Crippen LogP contribution in [-0.2, 0) is 9.59 Å². The molecule has 2 amide bonds. The van der Waals surface area contributed by atoms with Crippen LogP contribution in [-0.4, -0.2) is 42.5 Å². The number of benzene rings is 1. The molecule has 1 fully saturated rings. The molecule has 0 aliphatic carbocycles. The molecule has 1 aromatic rings. The first-order chi connectivity index (χ1) is 9.56. The zero-order chi connectivity index (χ0) is 14.5. The van der Waals surface area contributed by atoms with E-state index in [1.807, 2.05) is 12.1 Å². The van der Waals surface area contributed by atoms with Gasteiger partial charge in [-0.15, -0.1) is 0 Å². The Balaban J connectivity index is 1.97. The van der Waals surface area contributed by atoms with E-state index in [1.54, 1.807) is 24.0 Å². The van der Waals surface area contributed by atoms with Gasteiger partial charge in [0.15, 0.2) is 6.10 Å². The van der Waals surface area contributed by atoms with E-state index in [4.69, 9.17) is 4.74 Å². The van der Waals surface area contributed by atoms with E-state index >= 15 is 0 Å². The van der Waals surface area contributed by atoms with Gasteiger partial charge in [0.25, 0.3) is 5.91 Å². The van der Waals surface area contributed by atoms with Crippen LogP contribution in [0.1, 0.15) is 13.3 Å². The Morgan fingerprint density at radius 1 is 1.40 bits per heavy atom. The second-order valence-electron chi connectivity index (χ2n) is 4.68. The van der Waals surface area contributed by atoms with Gasteiger partial charge < -0.3 is 15.0 Å². The number of carbonyl (C=O) groups excluding carboxylic acids is 2. The van der Waals surface area contributed by atoms with Crippen molar-refractivity contribution >= 4 is 27.7 Å². The average Bonchev–Trinajstić information content (AvgIpc) is 2.65. The molecular weight excluding hydrogens is 324 g/mol. The summed E-state index contributed by atoms with van der Waals surface area (Å²) in [5.41, 5.74) is 0. The summed E-state index contributed by atoms with van der Waals surface area (Å²) in [6.45, 7) is 3.00. The third kappa shape index (κ3) is 3.96. The van der Waals surface area contributed by atoms with Gasteiger partial charge >= 0.3 is 0 Å². The molecule has 1 heterocycles. The van der Waals surface area contributed by atoms with Gasteiger partial charge in [-0.3, -0.25) is 9.59 Å². The number of ether oxygens (including phenoxy) is 1. The molecule has 6 heteroatoms. The molecule has 1 atom stereocenters. The summed E-state index contributed by atoms with van der Waals surface area (Å²) in [4.78, 5) is 25.3. The minimum Gasteiger partial charge on any atom is -0.481 e. The normalized spacial score (nSPS) is 17.1. The first-order valence-electron chi connectivity index (χ1n) is 6.54. The fraction of sp³-hybridized carbons (Fsp3) is 0.429. The maximum atomic E-state index is 12.3. The lowest BCUT2D eigenvalue weighted by molar-refractivity contribution is -0.140. The van der Waals surface area contributed by atoms with Crippen LogP contribution < -0.4 is 10.1 Å². The first-order valence-corrected chi connectivity index (χ1v) is 7.33. The van der Waals surface area contributed by atoms with E-state index in [2.05, 4.69) is 21.2 Å². The van der Waals surface area contributed by atoms with E-state index in [0.29, 0.717) is 18.8 Å². The molecular formula is C14H17BrN2O3. The van der Waals surface area contributed by atoms with Crippen LogP contribution in [0.25, 0.3) is 0 Å². The summed E-state index contributed by atoms with van der Waals surface area (Å²) >= 11 is 3.34. The number of carbonyl (C=O) groups is 2. The van der Waals surface area contributed by atoms with Crippen molar-refractivity contribution in [2.45, 2.75) is 19.4 Å². The summed E-state index contributed by atoms with van der Waals surface area (Å²) in [5.74, 6) is 0.352. The van der Waals surface area contributed by atoms with Crippen LogP contribution >= 0.6 is 15.9 Å². The standard InChI is InChI=1S/C14H17BrN2O3/c1-10(20-12-5-3-11(15)4-6-12)14(19)17-8-2-7-16-13(18)9-17/h3-6,10H,2,7-9H2,1H3,(H,16,18). The summed E-state index contributed by atoms with van der Waals surface area (Å²) in [6, 6.07) is 7.30. The van der Waals surface area contributed by atoms with Crippen LogP contribution in [0.2, 0.25) is 0 Å². The molecule has 2 rings (SSSR count). The lowest BCUT2D eigenvalue weighted by Crippen LogP contribution is -2.43. The molecule has 0 saturated carbocycles. The minimum atomic E-state index is -0.609. The van der Waals surface area contributed by atoms with Gasteiger partial charge in [0, 0.05) is 17.6 Å². The molecule has 1 aliphatic rings. The minimum absolute atomic E-state index is 0.104. The fourth-order valence-electron chi connectivity index (χ4n) is 2.02. The highest BCUT2D eigenvalue weighted by molar-refractivity contribution is 9.10. The number of hydrogen-bond acceptors (Lipinski definition) is 3. The lowest BCUT2D eigenvalue weighted by atomic mass is 10.3. The van der Waals surface area contributed by atoms with Crippen molar-refractivity contribution in [3.05, 3.63) is 28.7 Å². The van der Waals surface area contributed by atoms with Crippen LogP contribution in [0.4, 0.5) is 0 Å². The zero-order valence-electron chi connectivity index (χ0n) is 11.3. The molecule has 0 spiro atoms. The van der Waals surface area contributed by atoms with Crippen molar-refractivity contribution in [3.63, 3.8) is 0 Å². The predicted octanol–water partition coefficient (Wildman–Crippen LogP) is 1.56. The summed E-state index contributed by atoms with van der Waals surface area (Å²) < 4.78 is 6.57. The van der Waals surface area contributed by atoms with Gasteiger partial charge in [-0.05, 0) is 37.6 Å². The lowest BCUT2D eigenvalue weighted by Gasteiger charge is -2.23. The highest BCUT2D eigenvalue weighted by atomic mass is 79.9. The third-order valence-corrected chi connectivity index (χ3v) is 3.58. The maximum absolute atomic E-state index is 12.3. The Morgan fingerprint density at radius 2 is 2.10 bits per heavy atom. The highest BCUT2D eigenvalue weighted by Crippen LogP contribution is 2.18.